The lowest BCUT2D eigenvalue weighted by molar-refractivity contribution is 0.0779. The van der Waals surface area contributed by atoms with Crippen LogP contribution in [0.25, 0.3) is 0 Å². The number of hydrogen-bond acceptors (Lipinski definition) is 5. The fraction of sp³-hybridized carbons (Fsp3) is 0.294. The topological polar surface area (TPSA) is 87.7 Å². The predicted molar refractivity (Wildman–Crippen MR) is 84.6 cm³/mol. The first-order chi connectivity index (χ1) is 10.6. The fourth-order valence-corrected chi connectivity index (χ4v) is 2.91. The zero-order valence-electron chi connectivity index (χ0n) is 12.2. The number of para-hydroxylation sites is 1. The number of fused-ring (bicyclic) bond motifs is 2. The van der Waals surface area contributed by atoms with E-state index in [1.54, 1.807) is 6.07 Å². The van der Waals surface area contributed by atoms with Crippen LogP contribution in [0.2, 0.25) is 0 Å². The SMILES string of the molecule is Nc1ccc2c(c1)COc1ccccc1C2(O)CNCCO. The van der Waals surface area contributed by atoms with E-state index in [4.69, 9.17) is 15.6 Å². The summed E-state index contributed by atoms with van der Waals surface area (Å²) in [6, 6.07) is 12.9. The molecule has 0 spiro atoms. The highest BCUT2D eigenvalue weighted by Crippen LogP contribution is 2.40. The molecule has 1 aliphatic heterocycles. The number of aliphatic hydroxyl groups excluding tert-OH is 1. The van der Waals surface area contributed by atoms with Gasteiger partial charge in [0.1, 0.15) is 18.0 Å². The molecule has 0 saturated heterocycles. The Hall–Kier alpha value is -2.08. The van der Waals surface area contributed by atoms with Crippen molar-refractivity contribution in [2.24, 2.45) is 0 Å². The maximum absolute atomic E-state index is 11.4. The van der Waals surface area contributed by atoms with E-state index in [1.165, 1.54) is 0 Å². The molecule has 5 nitrogen and oxygen atoms in total. The smallest absolute Gasteiger partial charge is 0.131 e. The summed E-state index contributed by atoms with van der Waals surface area (Å²) in [6.45, 7) is 1.07. The van der Waals surface area contributed by atoms with Crippen molar-refractivity contribution in [1.29, 1.82) is 0 Å². The average Bonchev–Trinajstić information content (AvgIpc) is 2.64. The molecule has 22 heavy (non-hydrogen) atoms. The Balaban J connectivity index is 2.12. The Bertz CT molecular complexity index is 675. The third-order valence-electron chi connectivity index (χ3n) is 3.96. The van der Waals surface area contributed by atoms with E-state index < -0.39 is 5.60 Å². The number of rotatable bonds is 4. The van der Waals surface area contributed by atoms with Crippen molar-refractivity contribution < 1.29 is 14.9 Å². The van der Waals surface area contributed by atoms with E-state index in [0.29, 0.717) is 30.2 Å². The lowest BCUT2D eigenvalue weighted by Gasteiger charge is -2.30. The summed E-state index contributed by atoms with van der Waals surface area (Å²) in [5.41, 5.74) is 7.62. The van der Waals surface area contributed by atoms with Gasteiger partial charge in [-0.2, -0.15) is 0 Å². The van der Waals surface area contributed by atoms with E-state index >= 15 is 0 Å². The number of nitrogens with two attached hydrogens (primary N) is 1. The normalized spacial score (nSPS) is 19.7. The van der Waals surface area contributed by atoms with Crippen molar-refractivity contribution in [2.75, 3.05) is 25.4 Å². The largest absolute Gasteiger partial charge is 0.488 e. The van der Waals surface area contributed by atoms with Crippen molar-refractivity contribution in [3.63, 3.8) is 0 Å². The molecule has 2 aromatic carbocycles. The van der Waals surface area contributed by atoms with Crippen LogP contribution in [-0.2, 0) is 12.2 Å². The molecule has 0 bridgehead atoms. The van der Waals surface area contributed by atoms with Crippen molar-refractivity contribution in [2.45, 2.75) is 12.2 Å². The quantitative estimate of drug-likeness (QED) is 0.499. The summed E-state index contributed by atoms with van der Waals surface area (Å²) in [7, 11) is 0. The van der Waals surface area contributed by atoms with Crippen LogP contribution < -0.4 is 15.8 Å². The van der Waals surface area contributed by atoms with Gasteiger partial charge in [0.25, 0.3) is 0 Å². The minimum atomic E-state index is -1.23. The van der Waals surface area contributed by atoms with Crippen LogP contribution in [0.3, 0.4) is 0 Å². The number of benzene rings is 2. The summed E-state index contributed by atoms with van der Waals surface area (Å²) < 4.78 is 5.84. The van der Waals surface area contributed by atoms with Gasteiger partial charge in [0.05, 0.1) is 6.61 Å². The maximum Gasteiger partial charge on any atom is 0.131 e. The van der Waals surface area contributed by atoms with Gasteiger partial charge < -0.3 is 26.0 Å². The molecule has 1 heterocycles. The Labute approximate surface area is 129 Å². The molecule has 116 valence electrons. The van der Waals surface area contributed by atoms with Crippen molar-refractivity contribution in [3.05, 3.63) is 59.2 Å². The molecule has 1 unspecified atom stereocenters. The van der Waals surface area contributed by atoms with Crippen LogP contribution in [0.15, 0.2) is 42.5 Å². The number of anilines is 1. The third-order valence-corrected chi connectivity index (χ3v) is 3.96. The number of hydrogen-bond donors (Lipinski definition) is 4. The zero-order chi connectivity index (χ0) is 15.6. The van der Waals surface area contributed by atoms with Crippen LogP contribution in [0, 0.1) is 0 Å². The van der Waals surface area contributed by atoms with E-state index in [9.17, 15) is 5.11 Å². The molecule has 0 radical (unpaired) electrons. The molecular formula is C17H20N2O3. The summed E-state index contributed by atoms with van der Waals surface area (Å²) >= 11 is 0. The maximum atomic E-state index is 11.4. The standard InChI is InChI=1S/C17H20N2O3/c18-13-5-6-14-12(9-13)10-22-16-4-2-1-3-15(16)17(14,21)11-19-7-8-20/h1-6,9,19-21H,7-8,10-11,18H2. The number of aliphatic hydroxyl groups is 2. The molecule has 0 fully saturated rings. The van der Waals surface area contributed by atoms with Crippen molar-refractivity contribution >= 4 is 5.69 Å². The number of ether oxygens (including phenoxy) is 1. The predicted octanol–water partition coefficient (Wildman–Crippen LogP) is 0.979. The Kier molecular flexibility index (Phi) is 4.02. The molecule has 0 aliphatic carbocycles. The lowest BCUT2D eigenvalue weighted by Crippen LogP contribution is -2.40. The number of nitrogen functional groups attached to an aromatic ring is 1. The van der Waals surface area contributed by atoms with Gasteiger partial charge in [-0.25, -0.2) is 0 Å². The molecular weight excluding hydrogens is 280 g/mol. The summed E-state index contributed by atoms with van der Waals surface area (Å²) in [5, 5.41) is 23.5. The Morgan fingerprint density at radius 1 is 1.18 bits per heavy atom. The van der Waals surface area contributed by atoms with E-state index in [-0.39, 0.29) is 13.2 Å². The first-order valence-corrected chi connectivity index (χ1v) is 7.30. The van der Waals surface area contributed by atoms with E-state index in [1.807, 2.05) is 36.4 Å². The van der Waals surface area contributed by atoms with Gasteiger partial charge in [-0.05, 0) is 29.3 Å². The molecule has 5 N–H and O–H groups in total. The molecule has 1 atom stereocenters. The van der Waals surface area contributed by atoms with Gasteiger partial charge in [-0.1, -0.05) is 24.3 Å². The molecule has 3 rings (SSSR count). The Morgan fingerprint density at radius 3 is 2.82 bits per heavy atom. The second kappa shape index (κ2) is 5.96. The minimum absolute atomic E-state index is 0.0167. The molecule has 1 aliphatic rings. The van der Waals surface area contributed by atoms with E-state index in [0.717, 1.165) is 11.1 Å². The van der Waals surface area contributed by atoms with Crippen molar-refractivity contribution in [1.82, 2.24) is 5.32 Å². The summed E-state index contributed by atoms with van der Waals surface area (Å²) in [6.07, 6.45) is 0. The first kappa shape index (κ1) is 14.8. The van der Waals surface area contributed by atoms with Gasteiger partial charge in [0, 0.05) is 24.3 Å². The van der Waals surface area contributed by atoms with Gasteiger partial charge in [-0.15, -0.1) is 0 Å². The van der Waals surface area contributed by atoms with Crippen LogP contribution >= 0.6 is 0 Å². The van der Waals surface area contributed by atoms with Crippen LogP contribution in [0.1, 0.15) is 16.7 Å². The van der Waals surface area contributed by atoms with Crippen LogP contribution in [0.5, 0.6) is 5.75 Å². The second-order valence-corrected chi connectivity index (χ2v) is 5.46. The van der Waals surface area contributed by atoms with Crippen LogP contribution in [-0.4, -0.2) is 29.9 Å². The van der Waals surface area contributed by atoms with Crippen molar-refractivity contribution in [3.8, 4) is 5.75 Å². The van der Waals surface area contributed by atoms with Gasteiger partial charge in [0.15, 0.2) is 0 Å². The minimum Gasteiger partial charge on any atom is -0.488 e. The highest BCUT2D eigenvalue weighted by molar-refractivity contribution is 5.54. The number of nitrogens with one attached hydrogen (secondary N) is 1. The first-order valence-electron chi connectivity index (χ1n) is 7.30. The molecule has 0 saturated carbocycles. The highest BCUT2D eigenvalue weighted by atomic mass is 16.5. The molecule has 0 aromatic heterocycles. The Morgan fingerprint density at radius 2 is 2.00 bits per heavy atom. The molecule has 0 amide bonds. The molecule has 2 aromatic rings. The van der Waals surface area contributed by atoms with Crippen LogP contribution in [0.4, 0.5) is 5.69 Å². The van der Waals surface area contributed by atoms with E-state index in [2.05, 4.69) is 5.32 Å². The summed E-state index contributed by atoms with van der Waals surface area (Å²) in [5.74, 6) is 0.658. The third kappa shape index (κ3) is 2.54. The second-order valence-electron chi connectivity index (χ2n) is 5.46. The fourth-order valence-electron chi connectivity index (χ4n) is 2.91. The van der Waals surface area contributed by atoms with Gasteiger partial charge in [-0.3, -0.25) is 0 Å². The zero-order valence-corrected chi connectivity index (χ0v) is 12.2. The van der Waals surface area contributed by atoms with Gasteiger partial charge in [0.2, 0.25) is 0 Å². The average molecular weight is 300 g/mol. The monoisotopic (exact) mass is 300 g/mol. The lowest BCUT2D eigenvalue weighted by atomic mass is 9.83. The molecule has 5 heteroatoms. The summed E-state index contributed by atoms with van der Waals surface area (Å²) in [4.78, 5) is 0. The van der Waals surface area contributed by atoms with Gasteiger partial charge >= 0.3 is 0 Å². The highest BCUT2D eigenvalue weighted by Gasteiger charge is 2.37.